The van der Waals surface area contributed by atoms with Gasteiger partial charge in [-0.25, -0.2) is 4.39 Å². The van der Waals surface area contributed by atoms with Crippen molar-refractivity contribution in [3.63, 3.8) is 0 Å². The topological polar surface area (TPSA) is 77.8 Å². The molecule has 5 nitrogen and oxygen atoms in total. The minimum atomic E-state index is -0.622. The highest BCUT2D eigenvalue weighted by Gasteiger charge is 2.12. The summed E-state index contributed by atoms with van der Waals surface area (Å²) in [4.78, 5) is 16.0. The molecule has 0 radical (unpaired) electrons. The van der Waals surface area contributed by atoms with Gasteiger partial charge in [-0.05, 0) is 24.3 Å². The van der Waals surface area contributed by atoms with Crippen molar-refractivity contribution in [2.24, 2.45) is 0 Å². The molecule has 1 heterocycles. The molecule has 1 amide bonds. The zero-order valence-electron chi connectivity index (χ0n) is 10.6. The lowest BCUT2D eigenvalue weighted by molar-refractivity contribution is 0.102. The summed E-state index contributed by atoms with van der Waals surface area (Å²) in [6, 6.07) is 7.20. The van der Waals surface area contributed by atoms with Crippen molar-refractivity contribution < 1.29 is 9.18 Å². The first-order valence-corrected chi connectivity index (χ1v) is 5.78. The predicted octanol–water partition coefficient (Wildman–Crippen LogP) is 2.39. The van der Waals surface area contributed by atoms with Gasteiger partial charge in [0.05, 0.1) is 11.1 Å². The van der Waals surface area contributed by atoms with Crippen molar-refractivity contribution >= 4 is 17.3 Å². The van der Waals surface area contributed by atoms with E-state index in [2.05, 4.69) is 15.6 Å². The lowest BCUT2D eigenvalue weighted by Crippen LogP contribution is -2.14. The maximum atomic E-state index is 13.2. The van der Waals surface area contributed by atoms with Crippen molar-refractivity contribution in [2.75, 3.05) is 17.7 Å². The molecule has 0 bridgehead atoms. The molecule has 0 unspecified atom stereocenters. The van der Waals surface area contributed by atoms with Gasteiger partial charge in [0.1, 0.15) is 11.9 Å². The summed E-state index contributed by atoms with van der Waals surface area (Å²) in [5.41, 5.74) is 1.21. The maximum absolute atomic E-state index is 13.2. The summed E-state index contributed by atoms with van der Waals surface area (Å²) < 4.78 is 13.2. The Kier molecular flexibility index (Phi) is 3.91. The number of nitrogens with zero attached hydrogens (tertiary/aromatic N) is 2. The highest BCUT2D eigenvalue weighted by atomic mass is 19.1. The summed E-state index contributed by atoms with van der Waals surface area (Å²) >= 11 is 0. The zero-order chi connectivity index (χ0) is 14.5. The number of anilines is 2. The van der Waals surface area contributed by atoms with Gasteiger partial charge in [0.2, 0.25) is 0 Å². The van der Waals surface area contributed by atoms with Gasteiger partial charge in [-0.2, -0.15) is 5.26 Å². The second kappa shape index (κ2) is 5.80. The molecule has 2 aromatic rings. The number of carbonyl (C=O) groups is 1. The largest absolute Gasteiger partial charge is 0.387 e. The van der Waals surface area contributed by atoms with Crippen molar-refractivity contribution in [1.29, 1.82) is 5.26 Å². The van der Waals surface area contributed by atoms with Crippen LogP contribution < -0.4 is 10.6 Å². The normalized spacial score (nSPS) is 9.65. The summed E-state index contributed by atoms with van der Waals surface area (Å²) in [6.07, 6.45) is 2.99. The van der Waals surface area contributed by atoms with Crippen LogP contribution in [0.4, 0.5) is 15.8 Å². The molecule has 1 aromatic heterocycles. The molecule has 2 N–H and O–H groups in total. The molecule has 0 saturated heterocycles. The molecule has 20 heavy (non-hydrogen) atoms. The number of amides is 1. The summed E-state index contributed by atoms with van der Waals surface area (Å²) in [6.45, 7) is 0. The number of carbonyl (C=O) groups excluding carboxylic acids is 1. The summed E-state index contributed by atoms with van der Waals surface area (Å²) in [7, 11) is 1.69. The third-order valence-electron chi connectivity index (χ3n) is 2.68. The van der Waals surface area contributed by atoms with Gasteiger partial charge in [-0.3, -0.25) is 9.78 Å². The number of nitriles is 1. The molecular formula is C14H11FN4O. The van der Waals surface area contributed by atoms with Crippen LogP contribution in [-0.2, 0) is 0 Å². The number of hydrogen-bond donors (Lipinski definition) is 2. The Morgan fingerprint density at radius 1 is 1.40 bits per heavy atom. The van der Waals surface area contributed by atoms with Crippen LogP contribution in [0, 0.1) is 17.1 Å². The maximum Gasteiger partial charge on any atom is 0.259 e. The molecule has 0 atom stereocenters. The Balaban J connectivity index is 2.26. The van der Waals surface area contributed by atoms with Gasteiger partial charge < -0.3 is 10.6 Å². The summed E-state index contributed by atoms with van der Waals surface area (Å²) in [5.74, 6) is -1.01. The number of nitrogens with one attached hydrogen (secondary N) is 2. The van der Waals surface area contributed by atoms with Gasteiger partial charge in [-0.15, -0.1) is 0 Å². The molecule has 1 aromatic carbocycles. The van der Waals surface area contributed by atoms with E-state index in [-0.39, 0.29) is 5.56 Å². The first-order chi connectivity index (χ1) is 9.65. The minimum Gasteiger partial charge on any atom is -0.387 e. The number of halogens is 1. The van der Waals surface area contributed by atoms with Gasteiger partial charge in [0, 0.05) is 30.8 Å². The quantitative estimate of drug-likeness (QED) is 0.897. The van der Waals surface area contributed by atoms with E-state index in [4.69, 9.17) is 5.26 Å². The first-order valence-electron chi connectivity index (χ1n) is 5.78. The smallest absolute Gasteiger partial charge is 0.259 e. The van der Waals surface area contributed by atoms with Crippen molar-refractivity contribution in [2.45, 2.75) is 0 Å². The lowest BCUT2D eigenvalue weighted by Gasteiger charge is -2.09. The molecule has 6 heteroatoms. The first kappa shape index (κ1) is 13.5. The second-order valence-corrected chi connectivity index (χ2v) is 3.93. The minimum absolute atomic E-state index is 0.122. The number of hydrogen-bond acceptors (Lipinski definition) is 4. The van der Waals surface area contributed by atoms with E-state index in [1.807, 2.05) is 0 Å². The highest BCUT2D eigenvalue weighted by molar-refractivity contribution is 6.07. The monoisotopic (exact) mass is 270 g/mol. The third kappa shape index (κ3) is 2.72. The van der Waals surface area contributed by atoms with Gasteiger partial charge in [0.15, 0.2) is 0 Å². The Labute approximate surface area is 115 Å². The predicted molar refractivity (Wildman–Crippen MR) is 72.9 cm³/mol. The number of benzene rings is 1. The molecule has 0 aliphatic heterocycles. The van der Waals surface area contributed by atoms with E-state index in [1.165, 1.54) is 18.3 Å². The van der Waals surface area contributed by atoms with Crippen LogP contribution in [0.2, 0.25) is 0 Å². The Bertz CT molecular complexity index is 694. The van der Waals surface area contributed by atoms with Crippen LogP contribution in [-0.4, -0.2) is 17.9 Å². The van der Waals surface area contributed by atoms with E-state index in [1.54, 1.807) is 25.4 Å². The van der Waals surface area contributed by atoms with Crippen LogP contribution in [0.3, 0.4) is 0 Å². The number of rotatable bonds is 3. The molecule has 0 spiro atoms. The van der Waals surface area contributed by atoms with Gasteiger partial charge >= 0.3 is 0 Å². The summed E-state index contributed by atoms with van der Waals surface area (Å²) in [5, 5.41) is 14.2. The van der Waals surface area contributed by atoms with Crippen LogP contribution in [0.1, 0.15) is 15.9 Å². The lowest BCUT2D eigenvalue weighted by atomic mass is 10.2. The molecule has 100 valence electrons. The van der Waals surface area contributed by atoms with E-state index in [9.17, 15) is 9.18 Å². The van der Waals surface area contributed by atoms with E-state index in [0.29, 0.717) is 16.9 Å². The van der Waals surface area contributed by atoms with E-state index < -0.39 is 11.7 Å². The van der Waals surface area contributed by atoms with Crippen molar-refractivity contribution in [3.05, 3.63) is 53.6 Å². The fourth-order valence-electron chi connectivity index (χ4n) is 1.68. The average Bonchev–Trinajstić information content (AvgIpc) is 2.49. The Hall–Kier alpha value is -2.94. The average molecular weight is 270 g/mol. The molecular weight excluding hydrogens is 259 g/mol. The van der Waals surface area contributed by atoms with Crippen LogP contribution in [0.25, 0.3) is 0 Å². The highest BCUT2D eigenvalue weighted by Crippen LogP contribution is 2.17. The zero-order valence-corrected chi connectivity index (χ0v) is 10.6. The van der Waals surface area contributed by atoms with Crippen LogP contribution in [0.5, 0.6) is 0 Å². The van der Waals surface area contributed by atoms with Gasteiger partial charge in [-0.1, -0.05) is 0 Å². The standard InChI is InChI=1S/C14H11FN4O/c1-17-13-4-5-18-8-11(13)14(20)19-10-2-3-12(15)9(6-10)7-16/h2-6,8H,1H3,(H,17,18)(H,19,20). The number of aromatic nitrogens is 1. The van der Waals surface area contributed by atoms with Crippen LogP contribution in [0.15, 0.2) is 36.7 Å². The molecule has 0 fully saturated rings. The molecule has 0 saturated carbocycles. The molecule has 0 aliphatic carbocycles. The number of pyridine rings is 1. The van der Waals surface area contributed by atoms with Crippen molar-refractivity contribution in [3.8, 4) is 6.07 Å². The van der Waals surface area contributed by atoms with Crippen molar-refractivity contribution in [1.82, 2.24) is 4.98 Å². The SMILES string of the molecule is CNc1ccncc1C(=O)Nc1ccc(F)c(C#N)c1. The van der Waals surface area contributed by atoms with E-state index in [0.717, 1.165) is 6.07 Å². The molecule has 2 rings (SSSR count). The Morgan fingerprint density at radius 2 is 2.20 bits per heavy atom. The fraction of sp³-hybridized carbons (Fsp3) is 0.0714. The van der Waals surface area contributed by atoms with E-state index >= 15 is 0 Å². The van der Waals surface area contributed by atoms with Crippen LogP contribution >= 0.6 is 0 Å². The Morgan fingerprint density at radius 3 is 2.90 bits per heavy atom. The van der Waals surface area contributed by atoms with Gasteiger partial charge in [0.25, 0.3) is 5.91 Å². The second-order valence-electron chi connectivity index (χ2n) is 3.93. The third-order valence-corrected chi connectivity index (χ3v) is 2.68. The molecule has 0 aliphatic rings. The fourth-order valence-corrected chi connectivity index (χ4v) is 1.68.